The second-order valence-electron chi connectivity index (χ2n) is 6.19. The molecule has 1 aromatic heterocycles. The molecule has 6 nitrogen and oxygen atoms in total. The van der Waals surface area contributed by atoms with Gasteiger partial charge in [-0.1, -0.05) is 30.3 Å². The van der Waals surface area contributed by atoms with E-state index in [9.17, 15) is 14.4 Å². The first-order chi connectivity index (χ1) is 11.9. The summed E-state index contributed by atoms with van der Waals surface area (Å²) in [5.74, 6) is -0.695. The van der Waals surface area contributed by atoms with Gasteiger partial charge in [-0.15, -0.1) is 0 Å². The normalized spacial score (nSPS) is 19.8. The van der Waals surface area contributed by atoms with E-state index in [4.69, 9.17) is 0 Å². The molecule has 0 aliphatic carbocycles. The molecule has 25 heavy (non-hydrogen) atoms. The van der Waals surface area contributed by atoms with Gasteiger partial charge in [0.05, 0.1) is 0 Å². The first-order valence-corrected chi connectivity index (χ1v) is 8.81. The average Bonchev–Trinajstić information content (AvgIpc) is 3.20. The Labute approximate surface area is 150 Å². The smallest absolute Gasteiger partial charge is 0.325 e. The molecule has 1 unspecified atom stereocenters. The Morgan fingerprint density at radius 1 is 1.24 bits per heavy atom. The summed E-state index contributed by atoms with van der Waals surface area (Å²) < 4.78 is 0. The molecule has 1 aromatic carbocycles. The highest BCUT2D eigenvalue weighted by atomic mass is 32.1. The maximum Gasteiger partial charge on any atom is 0.325 e. The van der Waals surface area contributed by atoms with Gasteiger partial charge in [0.25, 0.3) is 5.91 Å². The second-order valence-corrected chi connectivity index (χ2v) is 6.97. The van der Waals surface area contributed by atoms with Gasteiger partial charge in [0.15, 0.2) is 0 Å². The molecule has 1 aliphatic rings. The van der Waals surface area contributed by atoms with Crippen LogP contribution in [0.4, 0.5) is 4.79 Å². The summed E-state index contributed by atoms with van der Waals surface area (Å²) in [4.78, 5) is 39.9. The topological polar surface area (TPSA) is 69.7 Å². The lowest BCUT2D eigenvalue weighted by Crippen LogP contribution is -2.43. The van der Waals surface area contributed by atoms with Crippen LogP contribution in [0.1, 0.15) is 18.1 Å². The van der Waals surface area contributed by atoms with Crippen LogP contribution < -0.4 is 5.32 Å². The minimum atomic E-state index is -1.12. The molecule has 3 rings (SSSR count). The van der Waals surface area contributed by atoms with Crippen molar-refractivity contribution in [1.29, 1.82) is 0 Å². The molecule has 1 N–H and O–H groups in total. The van der Waals surface area contributed by atoms with Crippen LogP contribution in [0.5, 0.6) is 0 Å². The molecule has 2 heterocycles. The van der Waals surface area contributed by atoms with Crippen LogP contribution in [-0.4, -0.2) is 41.2 Å². The van der Waals surface area contributed by atoms with Gasteiger partial charge in [-0.3, -0.25) is 14.5 Å². The standard InChI is InChI=1S/C18H19N3O3S/c1-18(14-8-9-25-12-14)16(23)21(17(24)19-18)11-15(22)20(2)10-13-6-4-3-5-7-13/h3-9,12H,10-11H2,1-2H3,(H,19,24). The van der Waals surface area contributed by atoms with E-state index in [0.717, 1.165) is 16.0 Å². The third-order valence-electron chi connectivity index (χ3n) is 4.36. The van der Waals surface area contributed by atoms with Gasteiger partial charge >= 0.3 is 6.03 Å². The van der Waals surface area contributed by atoms with Gasteiger partial charge < -0.3 is 10.2 Å². The molecule has 1 atom stereocenters. The number of carbonyl (C=O) groups excluding carboxylic acids is 3. The lowest BCUT2D eigenvalue weighted by Gasteiger charge is -2.22. The van der Waals surface area contributed by atoms with E-state index in [-0.39, 0.29) is 12.5 Å². The number of nitrogens with one attached hydrogen (secondary N) is 1. The monoisotopic (exact) mass is 357 g/mol. The lowest BCUT2D eigenvalue weighted by atomic mass is 9.95. The van der Waals surface area contributed by atoms with E-state index in [1.54, 1.807) is 20.0 Å². The number of rotatable bonds is 5. The summed E-state index contributed by atoms with van der Waals surface area (Å²) in [5.41, 5.74) is 0.595. The van der Waals surface area contributed by atoms with Gasteiger partial charge in [-0.2, -0.15) is 11.3 Å². The van der Waals surface area contributed by atoms with E-state index in [1.165, 1.54) is 16.2 Å². The highest BCUT2D eigenvalue weighted by Crippen LogP contribution is 2.30. The molecule has 0 saturated carbocycles. The third-order valence-corrected chi connectivity index (χ3v) is 5.04. The molecule has 2 aromatic rings. The van der Waals surface area contributed by atoms with Crippen molar-refractivity contribution < 1.29 is 14.4 Å². The van der Waals surface area contributed by atoms with Crippen LogP contribution >= 0.6 is 11.3 Å². The number of likely N-dealkylation sites (N-methyl/N-ethyl adjacent to an activating group) is 1. The SMILES string of the molecule is CN(Cc1ccccc1)C(=O)CN1C(=O)NC(C)(c2ccsc2)C1=O. The molecular weight excluding hydrogens is 338 g/mol. The lowest BCUT2D eigenvalue weighted by molar-refractivity contribution is -0.138. The molecule has 7 heteroatoms. The Balaban J connectivity index is 1.69. The maximum atomic E-state index is 12.7. The fourth-order valence-corrected chi connectivity index (χ4v) is 3.55. The number of imide groups is 1. The molecule has 4 amide bonds. The summed E-state index contributed by atoms with van der Waals surface area (Å²) in [6.45, 7) is 1.81. The minimum Gasteiger partial charge on any atom is -0.340 e. The summed E-state index contributed by atoms with van der Waals surface area (Å²) in [5, 5.41) is 6.37. The van der Waals surface area contributed by atoms with E-state index in [1.807, 2.05) is 41.1 Å². The van der Waals surface area contributed by atoms with Crippen LogP contribution in [0.3, 0.4) is 0 Å². The van der Waals surface area contributed by atoms with Crippen molar-refractivity contribution in [3.8, 4) is 0 Å². The molecule has 1 saturated heterocycles. The van der Waals surface area contributed by atoms with Crippen molar-refractivity contribution in [2.24, 2.45) is 0 Å². The molecule has 130 valence electrons. The van der Waals surface area contributed by atoms with Crippen LogP contribution in [0.25, 0.3) is 0 Å². The Morgan fingerprint density at radius 3 is 2.60 bits per heavy atom. The third kappa shape index (κ3) is 3.28. The highest BCUT2D eigenvalue weighted by Gasteiger charge is 2.49. The molecule has 0 spiro atoms. The molecule has 1 aliphatic heterocycles. The number of amides is 4. The van der Waals surface area contributed by atoms with Gasteiger partial charge in [-0.25, -0.2) is 4.79 Å². The maximum absolute atomic E-state index is 12.7. The largest absolute Gasteiger partial charge is 0.340 e. The number of carbonyl (C=O) groups is 3. The molecular formula is C18H19N3O3S. The van der Waals surface area contributed by atoms with Gasteiger partial charge in [-0.05, 0) is 34.9 Å². The molecule has 1 fully saturated rings. The Hall–Kier alpha value is -2.67. The Morgan fingerprint density at radius 2 is 1.96 bits per heavy atom. The summed E-state index contributed by atoms with van der Waals surface area (Å²) in [7, 11) is 1.66. The predicted molar refractivity (Wildman–Crippen MR) is 94.8 cm³/mol. The zero-order chi connectivity index (χ0) is 18.0. The van der Waals surface area contributed by atoms with E-state index < -0.39 is 17.5 Å². The first-order valence-electron chi connectivity index (χ1n) is 7.86. The predicted octanol–water partition coefficient (Wildman–Crippen LogP) is 2.17. The van der Waals surface area contributed by atoms with Crippen molar-refractivity contribution in [2.45, 2.75) is 19.0 Å². The average molecular weight is 357 g/mol. The number of hydrogen-bond acceptors (Lipinski definition) is 4. The fraction of sp³-hybridized carbons (Fsp3) is 0.278. The summed E-state index contributed by atoms with van der Waals surface area (Å²) >= 11 is 1.45. The fourth-order valence-electron chi connectivity index (χ4n) is 2.79. The van der Waals surface area contributed by atoms with Crippen molar-refractivity contribution in [2.75, 3.05) is 13.6 Å². The number of urea groups is 1. The Bertz CT molecular complexity index is 791. The minimum absolute atomic E-state index is 0.270. The second kappa shape index (κ2) is 6.68. The zero-order valence-electron chi connectivity index (χ0n) is 14.1. The Kier molecular flexibility index (Phi) is 4.59. The van der Waals surface area contributed by atoms with Gasteiger partial charge in [0, 0.05) is 13.6 Å². The van der Waals surface area contributed by atoms with Crippen molar-refractivity contribution >= 4 is 29.2 Å². The van der Waals surface area contributed by atoms with Crippen LogP contribution in [0, 0.1) is 0 Å². The summed E-state index contributed by atoms with van der Waals surface area (Å²) in [6.07, 6.45) is 0. The van der Waals surface area contributed by atoms with Gasteiger partial charge in [0.2, 0.25) is 5.91 Å². The van der Waals surface area contributed by atoms with E-state index in [2.05, 4.69) is 5.32 Å². The van der Waals surface area contributed by atoms with Crippen LogP contribution in [0.2, 0.25) is 0 Å². The van der Waals surface area contributed by atoms with Crippen LogP contribution in [-0.2, 0) is 21.7 Å². The van der Waals surface area contributed by atoms with Crippen molar-refractivity contribution in [3.63, 3.8) is 0 Å². The highest BCUT2D eigenvalue weighted by molar-refractivity contribution is 7.08. The van der Waals surface area contributed by atoms with Crippen molar-refractivity contribution in [1.82, 2.24) is 15.1 Å². The van der Waals surface area contributed by atoms with Crippen molar-refractivity contribution in [3.05, 3.63) is 58.3 Å². The van der Waals surface area contributed by atoms with E-state index in [0.29, 0.717) is 6.54 Å². The van der Waals surface area contributed by atoms with Gasteiger partial charge in [0.1, 0.15) is 12.1 Å². The first kappa shape index (κ1) is 17.2. The van der Waals surface area contributed by atoms with E-state index >= 15 is 0 Å². The molecule has 0 bridgehead atoms. The summed E-state index contributed by atoms with van der Waals surface area (Å²) in [6, 6.07) is 10.8. The number of thiophene rings is 1. The quantitative estimate of drug-likeness (QED) is 0.834. The van der Waals surface area contributed by atoms with Crippen LogP contribution in [0.15, 0.2) is 47.2 Å². The number of nitrogens with zero attached hydrogens (tertiary/aromatic N) is 2. The molecule has 0 radical (unpaired) electrons. The zero-order valence-corrected chi connectivity index (χ0v) is 14.9. The number of hydrogen-bond donors (Lipinski definition) is 1. The number of benzene rings is 1.